The van der Waals surface area contributed by atoms with Crippen LogP contribution in [0.1, 0.15) is 55.6 Å². The summed E-state index contributed by atoms with van der Waals surface area (Å²) in [7, 11) is 0. The lowest BCUT2D eigenvalue weighted by Gasteiger charge is -2.35. The van der Waals surface area contributed by atoms with Crippen LogP contribution in [0.4, 0.5) is 34.1 Å². The molecule has 0 amide bonds. The van der Waals surface area contributed by atoms with E-state index in [1.807, 2.05) is 0 Å². The fourth-order valence-corrected chi connectivity index (χ4v) is 8.73. The van der Waals surface area contributed by atoms with Crippen molar-refractivity contribution >= 4 is 34.1 Å². The van der Waals surface area contributed by atoms with E-state index in [0.29, 0.717) is 0 Å². The van der Waals surface area contributed by atoms with Crippen molar-refractivity contribution in [2.24, 2.45) is 0 Å². The molecular weight excluding hydrogens is 689 g/mol. The number of fused-ring (bicyclic) bond motifs is 3. The van der Waals surface area contributed by atoms with Gasteiger partial charge < -0.3 is 9.80 Å². The molecule has 8 aromatic rings. The first kappa shape index (κ1) is 36.0. The van der Waals surface area contributed by atoms with Crippen molar-refractivity contribution < 1.29 is 0 Å². The average molecular weight is 737 g/mol. The summed E-state index contributed by atoms with van der Waals surface area (Å²) in [6.07, 6.45) is 0. The van der Waals surface area contributed by atoms with Crippen molar-refractivity contribution in [2.45, 2.75) is 47.0 Å². The highest BCUT2D eigenvalue weighted by Gasteiger charge is 2.46. The first-order valence-electron chi connectivity index (χ1n) is 20.0. The first-order chi connectivity index (χ1) is 27.7. The van der Waals surface area contributed by atoms with Gasteiger partial charge in [-0.1, -0.05) is 143 Å². The van der Waals surface area contributed by atoms with Gasteiger partial charge in [0.2, 0.25) is 0 Å². The number of hydrogen-bond donors (Lipinski definition) is 0. The molecule has 0 aromatic heterocycles. The molecule has 0 atom stereocenters. The third kappa shape index (κ3) is 6.42. The molecule has 278 valence electrons. The standard InChI is InChI=1S/C55H48N2/c1-37-7-21-45(22-8-37)56(46-23-9-38(2)10-24-46)49-29-17-43(18-30-49)55(53-35-41(5)15-33-51(53)52-34-16-42(6)36-54(52)55)44-19-31-50(32-20-44)57(47-25-11-39(3)12-26-47)48-27-13-40(4)14-28-48/h7-36H,1-6H3. The smallest absolute Gasteiger partial charge is 0.0713 e. The molecule has 0 saturated heterocycles. The van der Waals surface area contributed by atoms with Gasteiger partial charge in [-0.15, -0.1) is 0 Å². The third-order valence-corrected chi connectivity index (χ3v) is 11.7. The Bertz CT molecular complexity index is 2400. The lowest BCUT2D eigenvalue weighted by Crippen LogP contribution is -2.29. The van der Waals surface area contributed by atoms with Gasteiger partial charge in [0.1, 0.15) is 0 Å². The number of benzene rings is 8. The summed E-state index contributed by atoms with van der Waals surface area (Å²) >= 11 is 0. The maximum atomic E-state index is 2.42. The molecule has 57 heavy (non-hydrogen) atoms. The van der Waals surface area contributed by atoms with Gasteiger partial charge in [-0.05, 0) is 148 Å². The number of hydrogen-bond acceptors (Lipinski definition) is 2. The SMILES string of the molecule is Cc1ccc(N(c2ccc(C)cc2)c2ccc(C3(c4ccc(N(c5ccc(C)cc5)c5ccc(C)cc5)cc4)c4cc(C)ccc4-c4ccc(C)cc43)cc2)cc1. The van der Waals surface area contributed by atoms with E-state index in [1.54, 1.807) is 0 Å². The van der Waals surface area contributed by atoms with Gasteiger partial charge in [0.25, 0.3) is 0 Å². The molecule has 2 nitrogen and oxygen atoms in total. The van der Waals surface area contributed by atoms with Gasteiger partial charge in [-0.25, -0.2) is 0 Å². The predicted octanol–water partition coefficient (Wildman–Crippen LogP) is 14.8. The topological polar surface area (TPSA) is 6.48 Å². The Labute approximate surface area is 338 Å². The lowest BCUT2D eigenvalue weighted by molar-refractivity contribution is 0.766. The summed E-state index contributed by atoms with van der Waals surface area (Å²) in [6, 6.07) is 68.0. The zero-order valence-electron chi connectivity index (χ0n) is 33.7. The quantitative estimate of drug-likeness (QED) is 0.153. The molecule has 0 N–H and O–H groups in total. The zero-order chi connectivity index (χ0) is 39.3. The largest absolute Gasteiger partial charge is 0.311 e. The summed E-state index contributed by atoms with van der Waals surface area (Å²) in [4.78, 5) is 4.72. The Kier molecular flexibility index (Phi) is 9.14. The normalized spacial score (nSPS) is 12.5. The molecule has 0 spiro atoms. The second-order valence-corrected chi connectivity index (χ2v) is 16.0. The van der Waals surface area contributed by atoms with E-state index in [1.165, 1.54) is 66.8 Å². The third-order valence-electron chi connectivity index (χ3n) is 11.7. The van der Waals surface area contributed by atoms with Gasteiger partial charge in [0, 0.05) is 34.1 Å². The predicted molar refractivity (Wildman–Crippen MR) is 242 cm³/mol. The summed E-state index contributed by atoms with van der Waals surface area (Å²) in [5, 5.41) is 0. The van der Waals surface area contributed by atoms with Crippen molar-refractivity contribution in [2.75, 3.05) is 9.80 Å². The van der Waals surface area contributed by atoms with Gasteiger partial charge in [-0.3, -0.25) is 0 Å². The highest BCUT2D eigenvalue weighted by atomic mass is 15.1. The van der Waals surface area contributed by atoms with Gasteiger partial charge in [-0.2, -0.15) is 0 Å². The van der Waals surface area contributed by atoms with Gasteiger partial charge >= 0.3 is 0 Å². The molecule has 0 unspecified atom stereocenters. The van der Waals surface area contributed by atoms with E-state index >= 15 is 0 Å². The molecule has 0 fully saturated rings. The first-order valence-corrected chi connectivity index (χ1v) is 20.0. The van der Waals surface area contributed by atoms with Crippen molar-refractivity contribution in [3.05, 3.63) is 238 Å². The maximum absolute atomic E-state index is 2.42. The summed E-state index contributed by atoms with van der Waals surface area (Å²) in [5.41, 5.74) is 21.5. The zero-order valence-corrected chi connectivity index (χ0v) is 33.7. The lowest BCUT2D eigenvalue weighted by atomic mass is 9.67. The molecule has 0 radical (unpaired) electrons. The minimum absolute atomic E-state index is 0.531. The molecular formula is C55H48N2. The summed E-state index contributed by atoms with van der Waals surface area (Å²) in [6.45, 7) is 13.0. The number of anilines is 6. The molecule has 1 aliphatic carbocycles. The van der Waals surface area contributed by atoms with Crippen molar-refractivity contribution in [1.82, 2.24) is 0 Å². The van der Waals surface area contributed by atoms with Crippen LogP contribution in [0.3, 0.4) is 0 Å². The van der Waals surface area contributed by atoms with Gasteiger partial charge in [0.15, 0.2) is 0 Å². The molecule has 2 heteroatoms. The monoisotopic (exact) mass is 736 g/mol. The van der Waals surface area contributed by atoms with Crippen LogP contribution >= 0.6 is 0 Å². The fourth-order valence-electron chi connectivity index (χ4n) is 8.73. The van der Waals surface area contributed by atoms with Crippen LogP contribution in [0.2, 0.25) is 0 Å². The van der Waals surface area contributed by atoms with Crippen LogP contribution in [0.15, 0.2) is 182 Å². The molecule has 0 saturated carbocycles. The second kappa shape index (κ2) is 14.5. The Hall–Kier alpha value is -6.64. The fraction of sp³-hybridized carbons (Fsp3) is 0.127. The second-order valence-electron chi connectivity index (χ2n) is 16.0. The van der Waals surface area contributed by atoms with Crippen molar-refractivity contribution in [1.29, 1.82) is 0 Å². The number of aryl methyl sites for hydroxylation is 6. The average Bonchev–Trinajstić information content (AvgIpc) is 3.50. The van der Waals surface area contributed by atoms with Crippen LogP contribution in [-0.4, -0.2) is 0 Å². The van der Waals surface area contributed by atoms with Crippen LogP contribution in [0.5, 0.6) is 0 Å². The molecule has 9 rings (SSSR count). The Morgan fingerprint density at radius 1 is 0.263 bits per heavy atom. The van der Waals surface area contributed by atoms with E-state index in [0.717, 1.165) is 34.1 Å². The molecule has 0 aliphatic heterocycles. The Morgan fingerprint density at radius 2 is 0.491 bits per heavy atom. The summed E-state index contributed by atoms with van der Waals surface area (Å²) < 4.78 is 0. The maximum Gasteiger partial charge on any atom is 0.0713 e. The van der Waals surface area contributed by atoms with Crippen molar-refractivity contribution in [3.63, 3.8) is 0 Å². The van der Waals surface area contributed by atoms with E-state index in [4.69, 9.17) is 0 Å². The van der Waals surface area contributed by atoms with Crippen molar-refractivity contribution in [3.8, 4) is 11.1 Å². The molecule has 1 aliphatic rings. The van der Waals surface area contributed by atoms with Crippen LogP contribution in [-0.2, 0) is 5.41 Å². The summed E-state index contributed by atoms with van der Waals surface area (Å²) in [5.74, 6) is 0. The minimum Gasteiger partial charge on any atom is -0.311 e. The highest BCUT2D eigenvalue weighted by Crippen LogP contribution is 2.57. The van der Waals surface area contributed by atoms with Crippen LogP contribution in [0.25, 0.3) is 11.1 Å². The Morgan fingerprint density at radius 3 is 0.754 bits per heavy atom. The van der Waals surface area contributed by atoms with E-state index in [-0.39, 0.29) is 0 Å². The number of rotatable bonds is 8. The Balaban J connectivity index is 1.24. The van der Waals surface area contributed by atoms with Crippen LogP contribution in [0, 0.1) is 41.5 Å². The minimum atomic E-state index is -0.531. The highest BCUT2D eigenvalue weighted by molar-refractivity contribution is 5.88. The van der Waals surface area contributed by atoms with Gasteiger partial charge in [0.05, 0.1) is 5.41 Å². The molecule has 8 aromatic carbocycles. The number of nitrogens with zero attached hydrogens (tertiary/aromatic N) is 2. The van der Waals surface area contributed by atoms with E-state index < -0.39 is 5.41 Å². The van der Waals surface area contributed by atoms with E-state index in [2.05, 4.69) is 233 Å². The molecule has 0 bridgehead atoms. The van der Waals surface area contributed by atoms with E-state index in [9.17, 15) is 0 Å². The van der Waals surface area contributed by atoms with Crippen LogP contribution < -0.4 is 9.80 Å². The molecule has 0 heterocycles.